The van der Waals surface area contributed by atoms with Crippen LogP contribution in [-0.2, 0) is 22.5 Å². The van der Waals surface area contributed by atoms with Crippen LogP contribution in [0.2, 0.25) is 0 Å². The molecule has 5 nitrogen and oxygen atoms in total. The third kappa shape index (κ3) is 2.49. The summed E-state index contributed by atoms with van der Waals surface area (Å²) in [7, 11) is -4.47. The Kier molecular flexibility index (Phi) is 2.88. The predicted molar refractivity (Wildman–Crippen MR) is 36.3 cm³/mol. The third-order valence-corrected chi connectivity index (χ3v) is 3.58. The van der Waals surface area contributed by atoms with Gasteiger partial charge in [-0.1, -0.05) is 9.05 Å². The monoisotopic (exact) mass is 282 g/mol. The van der Waals surface area contributed by atoms with Crippen LogP contribution >= 0.6 is 39.1 Å². The summed E-state index contributed by atoms with van der Waals surface area (Å²) >= 11 is 1.70. The fraction of sp³-hybridized carbons (Fsp3) is 1.00. The molecule has 1 aliphatic rings. The first-order valence-electron chi connectivity index (χ1n) is 1.79. The lowest BCUT2D eigenvalue weighted by molar-refractivity contribution is 0.0696. The van der Waals surface area contributed by atoms with Crippen LogP contribution in [0.3, 0.4) is 0 Å². The summed E-state index contributed by atoms with van der Waals surface area (Å²) in [6.07, 6.45) is 0. The van der Waals surface area contributed by atoms with E-state index in [9.17, 15) is 9.13 Å². The second-order valence-corrected chi connectivity index (χ2v) is 4.00. The van der Waals surface area contributed by atoms with Gasteiger partial charge in [0.05, 0.1) is 0 Å². The molecular formula is CHIO5P2+2. The fourth-order valence-corrected chi connectivity index (χ4v) is 2.53. The lowest BCUT2D eigenvalue weighted by Gasteiger charge is -1.92. The van der Waals surface area contributed by atoms with E-state index in [4.69, 9.17) is 0 Å². The molecule has 0 bridgehead atoms. The Labute approximate surface area is 66.1 Å². The normalized spacial score (nSPS) is 36.8. The molecule has 1 rings (SSSR count). The molecule has 8 heteroatoms. The van der Waals surface area contributed by atoms with Crippen molar-refractivity contribution in [2.75, 3.05) is 0 Å². The van der Waals surface area contributed by atoms with Gasteiger partial charge in [-0.25, -0.2) is 0 Å². The van der Waals surface area contributed by atoms with Crippen molar-refractivity contribution in [2.45, 2.75) is 4.30 Å². The average molecular weight is 282 g/mol. The van der Waals surface area contributed by atoms with Gasteiger partial charge in [-0.2, -0.15) is 0 Å². The summed E-state index contributed by atoms with van der Waals surface area (Å²) in [5, 5.41) is 0. The van der Waals surface area contributed by atoms with Gasteiger partial charge in [0.25, 0.3) is 0 Å². The molecule has 0 amide bonds. The molecule has 0 aromatic rings. The van der Waals surface area contributed by atoms with Crippen molar-refractivity contribution in [3.05, 3.63) is 0 Å². The van der Waals surface area contributed by atoms with Crippen LogP contribution in [0.1, 0.15) is 0 Å². The van der Waals surface area contributed by atoms with Crippen molar-refractivity contribution >= 4 is 39.1 Å². The number of rotatable bonds is 0. The van der Waals surface area contributed by atoms with Crippen LogP contribution in [-0.4, -0.2) is 4.30 Å². The van der Waals surface area contributed by atoms with Crippen molar-refractivity contribution in [1.82, 2.24) is 0 Å². The van der Waals surface area contributed by atoms with E-state index >= 15 is 0 Å². The van der Waals surface area contributed by atoms with Crippen LogP contribution in [0, 0.1) is 0 Å². The van der Waals surface area contributed by atoms with Gasteiger partial charge in [0.2, 0.25) is 0 Å². The largest absolute Gasteiger partial charge is 0.751 e. The van der Waals surface area contributed by atoms with Gasteiger partial charge in [0.1, 0.15) is 0 Å². The minimum absolute atomic E-state index is 0.733. The summed E-state index contributed by atoms with van der Waals surface area (Å²) in [4.78, 5) is 0. The van der Waals surface area contributed by atoms with Gasteiger partial charge in [0.15, 0.2) is 4.31 Å². The maximum Gasteiger partial charge on any atom is 0.751 e. The van der Waals surface area contributed by atoms with Crippen LogP contribution in [0.15, 0.2) is 0 Å². The highest BCUT2D eigenvalue weighted by atomic mass is 127. The van der Waals surface area contributed by atoms with E-state index in [1.54, 1.807) is 22.6 Å². The zero-order chi connectivity index (χ0) is 6.85. The highest BCUT2D eigenvalue weighted by molar-refractivity contribution is 14.1. The molecule has 0 spiro atoms. The Morgan fingerprint density at radius 2 is 1.67 bits per heavy atom. The van der Waals surface area contributed by atoms with E-state index in [1.807, 2.05) is 0 Å². The maximum atomic E-state index is 10.3. The second kappa shape index (κ2) is 3.27. The highest BCUT2D eigenvalue weighted by Gasteiger charge is 2.51. The number of hydrogen-bond donors (Lipinski definition) is 0. The molecule has 0 aromatic carbocycles. The Bertz CT molecular complexity index is 141. The second-order valence-electron chi connectivity index (χ2n) is 1.01. The molecule has 0 saturated carbocycles. The van der Waals surface area contributed by atoms with Gasteiger partial charge in [-0.3, -0.25) is 0 Å². The Balaban J connectivity index is 2.53. The lowest BCUT2D eigenvalue weighted by atomic mass is 11.5. The molecule has 0 radical (unpaired) electrons. The van der Waals surface area contributed by atoms with Crippen molar-refractivity contribution in [3.63, 3.8) is 0 Å². The van der Waals surface area contributed by atoms with E-state index < -0.39 is 20.8 Å². The molecule has 1 saturated heterocycles. The Morgan fingerprint density at radius 1 is 1.22 bits per heavy atom. The van der Waals surface area contributed by atoms with Crippen molar-refractivity contribution in [1.29, 1.82) is 0 Å². The fourth-order valence-electron chi connectivity index (χ4n) is 0.248. The van der Waals surface area contributed by atoms with Gasteiger partial charge < -0.3 is 0 Å². The van der Waals surface area contributed by atoms with E-state index in [0.29, 0.717) is 0 Å². The van der Waals surface area contributed by atoms with Crippen molar-refractivity contribution in [3.8, 4) is 0 Å². The van der Waals surface area contributed by atoms with Crippen molar-refractivity contribution in [2.24, 2.45) is 0 Å². The predicted octanol–water partition coefficient (Wildman–Crippen LogP) is 2.08. The minimum atomic E-state index is -2.24. The molecule has 2 atom stereocenters. The summed E-state index contributed by atoms with van der Waals surface area (Å²) in [5.41, 5.74) is 0. The first-order valence-corrected chi connectivity index (χ1v) is 5.22. The molecule has 1 aliphatic heterocycles. The number of halogens is 1. The van der Waals surface area contributed by atoms with E-state index in [2.05, 4.69) is 13.4 Å². The van der Waals surface area contributed by atoms with Crippen LogP contribution in [0.4, 0.5) is 0 Å². The Hall–Kier alpha value is 0.810. The quantitative estimate of drug-likeness (QED) is 0.386. The maximum absolute atomic E-state index is 10.3. The molecule has 50 valence electrons. The molecule has 0 N–H and O–H groups in total. The topological polar surface area (TPSA) is 61.8 Å². The lowest BCUT2D eigenvalue weighted by Crippen LogP contribution is -2.03. The minimum Gasteiger partial charge on any atom is -0.0678 e. The molecule has 1 fully saturated rings. The smallest absolute Gasteiger partial charge is 0.0678 e. The molecule has 0 aliphatic carbocycles. The summed E-state index contributed by atoms with van der Waals surface area (Å²) in [6, 6.07) is 0. The highest BCUT2D eigenvalue weighted by Crippen LogP contribution is 2.48. The molecular weight excluding hydrogens is 281 g/mol. The van der Waals surface area contributed by atoms with Crippen LogP contribution in [0.5, 0.6) is 0 Å². The van der Waals surface area contributed by atoms with Gasteiger partial charge in [-0.05, 0) is 22.6 Å². The van der Waals surface area contributed by atoms with Gasteiger partial charge in [-0.15, -0.1) is 0 Å². The van der Waals surface area contributed by atoms with Crippen molar-refractivity contribution < 1.29 is 22.5 Å². The van der Waals surface area contributed by atoms with E-state index in [-0.39, 0.29) is 0 Å². The molecule has 1 heterocycles. The number of hydrogen-bond acceptors (Lipinski definition) is 5. The zero-order valence-electron chi connectivity index (χ0n) is 3.89. The van der Waals surface area contributed by atoms with Gasteiger partial charge in [0, 0.05) is 9.13 Å². The first kappa shape index (κ1) is 7.91. The van der Waals surface area contributed by atoms with Crippen LogP contribution in [0.25, 0.3) is 0 Å². The standard InChI is InChI=1S/CHIO5P2/c2-1-5-8(3)7-9(4)6-1/h1H/q+2. The summed E-state index contributed by atoms with van der Waals surface area (Å²) < 4.78 is 32.9. The third-order valence-electron chi connectivity index (χ3n) is 0.471. The molecule has 9 heavy (non-hydrogen) atoms. The van der Waals surface area contributed by atoms with Gasteiger partial charge >= 0.3 is 20.8 Å². The Morgan fingerprint density at radius 3 is 2.00 bits per heavy atom. The van der Waals surface area contributed by atoms with Crippen LogP contribution < -0.4 is 0 Å². The summed E-state index contributed by atoms with van der Waals surface area (Å²) in [5.74, 6) is 0. The molecule has 2 unspecified atom stereocenters. The average Bonchev–Trinajstić information content (AvgIpc) is 1.59. The SMILES string of the molecule is O=[P+]1OC(I)O[P+](=O)O1. The zero-order valence-corrected chi connectivity index (χ0v) is 7.84. The molecule has 0 aromatic heterocycles. The number of alkyl halides is 1. The van der Waals surface area contributed by atoms with E-state index in [1.165, 1.54) is 0 Å². The van der Waals surface area contributed by atoms with E-state index in [0.717, 1.165) is 0 Å². The first-order chi connectivity index (χ1) is 4.18. The summed E-state index contributed by atoms with van der Waals surface area (Å²) in [6.45, 7) is 0.